The lowest BCUT2D eigenvalue weighted by Crippen LogP contribution is -2.46. The number of aliphatic imine (C=N–C) groups is 1. The van der Waals surface area contributed by atoms with Crippen molar-refractivity contribution in [3.05, 3.63) is 58.6 Å². The molecule has 3 aliphatic heterocycles. The average molecular weight is 489 g/mol. The van der Waals surface area contributed by atoms with Gasteiger partial charge in [-0.05, 0) is 98.3 Å². The molecule has 2 atom stereocenters. The molecule has 35 heavy (non-hydrogen) atoms. The number of nitrogens with zero attached hydrogens (tertiary/aromatic N) is 2. The van der Waals surface area contributed by atoms with Crippen LogP contribution in [0.25, 0.3) is 21.9 Å². The zero-order chi connectivity index (χ0) is 24.5. The molecular formula is C29H29ClN2O3. The van der Waals surface area contributed by atoms with Gasteiger partial charge in [0.05, 0.1) is 11.7 Å². The first-order valence-electron chi connectivity index (χ1n) is 12.3. The molecule has 0 radical (unpaired) electrons. The maximum Gasteiger partial charge on any atom is 0.411 e. The van der Waals surface area contributed by atoms with E-state index in [-0.39, 0.29) is 18.2 Å². The maximum absolute atomic E-state index is 13.0. The Labute approximate surface area is 210 Å². The highest BCUT2D eigenvalue weighted by Crippen LogP contribution is 2.44. The minimum absolute atomic E-state index is 0.0344. The molecule has 6 heteroatoms. The van der Waals surface area contributed by atoms with E-state index in [1.807, 2.05) is 37.8 Å². The lowest BCUT2D eigenvalue weighted by atomic mass is 9.92. The number of hydrogen-bond donors (Lipinski definition) is 0. The molecule has 3 heterocycles. The monoisotopic (exact) mass is 488 g/mol. The second kappa shape index (κ2) is 7.99. The van der Waals surface area contributed by atoms with Gasteiger partial charge in [0, 0.05) is 28.8 Å². The van der Waals surface area contributed by atoms with Crippen LogP contribution in [0.2, 0.25) is 5.02 Å². The molecule has 3 aromatic carbocycles. The van der Waals surface area contributed by atoms with E-state index < -0.39 is 5.60 Å². The topological polar surface area (TPSA) is 51.1 Å². The van der Waals surface area contributed by atoms with Crippen LogP contribution in [0.4, 0.5) is 10.5 Å². The van der Waals surface area contributed by atoms with Gasteiger partial charge in [-0.25, -0.2) is 4.79 Å². The Morgan fingerprint density at radius 2 is 1.94 bits per heavy atom. The minimum atomic E-state index is -0.524. The number of rotatable bonds is 1. The van der Waals surface area contributed by atoms with Crippen molar-refractivity contribution in [3.8, 4) is 16.9 Å². The highest BCUT2D eigenvalue weighted by Gasteiger charge is 2.41. The molecule has 6 rings (SSSR count). The van der Waals surface area contributed by atoms with Gasteiger partial charge in [0.1, 0.15) is 18.0 Å². The molecule has 0 spiro atoms. The fraction of sp³-hybridized carbons (Fsp3) is 0.379. The first kappa shape index (κ1) is 22.4. The first-order valence-corrected chi connectivity index (χ1v) is 12.7. The van der Waals surface area contributed by atoms with Crippen LogP contribution in [0, 0.1) is 0 Å². The highest BCUT2D eigenvalue weighted by atomic mass is 35.5. The maximum atomic E-state index is 13.0. The molecule has 5 nitrogen and oxygen atoms in total. The number of halogens is 1. The number of likely N-dealkylation sites (tertiary alicyclic amines) is 1. The second-order valence-electron chi connectivity index (χ2n) is 10.8. The molecule has 0 aliphatic carbocycles. The van der Waals surface area contributed by atoms with Crippen molar-refractivity contribution >= 4 is 39.9 Å². The van der Waals surface area contributed by atoms with E-state index in [0.717, 1.165) is 63.3 Å². The van der Waals surface area contributed by atoms with Crippen molar-refractivity contribution in [2.24, 2.45) is 4.99 Å². The van der Waals surface area contributed by atoms with E-state index in [0.29, 0.717) is 6.61 Å². The number of ether oxygens (including phenoxy) is 2. The number of carbonyl (C=O) groups is 1. The Hall–Kier alpha value is -3.05. The number of hydrogen-bond acceptors (Lipinski definition) is 4. The van der Waals surface area contributed by atoms with Gasteiger partial charge in [0.2, 0.25) is 0 Å². The summed E-state index contributed by atoms with van der Waals surface area (Å²) in [7, 11) is 0. The lowest BCUT2D eigenvalue weighted by molar-refractivity contribution is 0.0205. The van der Waals surface area contributed by atoms with Crippen molar-refractivity contribution in [3.63, 3.8) is 0 Å². The zero-order valence-electron chi connectivity index (χ0n) is 20.5. The van der Waals surface area contributed by atoms with Crippen LogP contribution in [0.1, 0.15) is 51.7 Å². The Kier molecular flexibility index (Phi) is 5.12. The average Bonchev–Trinajstić information content (AvgIpc) is 3.40. The third-order valence-corrected chi connectivity index (χ3v) is 7.46. The molecule has 1 amide bonds. The molecule has 3 aliphatic rings. The van der Waals surface area contributed by atoms with Crippen LogP contribution < -0.4 is 4.74 Å². The summed E-state index contributed by atoms with van der Waals surface area (Å²) < 4.78 is 11.9. The predicted molar refractivity (Wildman–Crippen MR) is 140 cm³/mol. The number of carbonyl (C=O) groups excluding carboxylic acids is 1. The van der Waals surface area contributed by atoms with Crippen molar-refractivity contribution < 1.29 is 14.3 Å². The van der Waals surface area contributed by atoms with Gasteiger partial charge in [0.15, 0.2) is 0 Å². The zero-order valence-corrected chi connectivity index (χ0v) is 21.3. The van der Waals surface area contributed by atoms with E-state index in [9.17, 15) is 4.79 Å². The van der Waals surface area contributed by atoms with E-state index in [1.54, 1.807) is 0 Å². The lowest BCUT2D eigenvalue weighted by Gasteiger charge is -2.31. The predicted octanol–water partition coefficient (Wildman–Crippen LogP) is 7.47. The van der Waals surface area contributed by atoms with Crippen molar-refractivity contribution in [2.45, 2.75) is 71.2 Å². The summed E-state index contributed by atoms with van der Waals surface area (Å²) in [5.41, 5.74) is 6.07. The molecule has 1 fully saturated rings. The van der Waals surface area contributed by atoms with Gasteiger partial charge >= 0.3 is 6.09 Å². The third-order valence-electron chi connectivity index (χ3n) is 7.23. The number of benzene rings is 3. The fourth-order valence-electron chi connectivity index (χ4n) is 5.62. The van der Waals surface area contributed by atoms with Crippen LogP contribution in [-0.4, -0.2) is 34.4 Å². The van der Waals surface area contributed by atoms with Gasteiger partial charge in [0.25, 0.3) is 0 Å². The standard InChI is InChI=1S/C29H29ClN2O3/c1-16-5-10-26(32(16)28(33)35-29(2,3)4)25-13-22-21-14-27-23(12-17(21)6-9-24(22)31-25)20-8-7-19(30)11-18(20)15-34-27/h6-9,11-12,14,16,26H,5,10,13,15H2,1-4H3/t16-,26-/m0/s1. The molecule has 0 aromatic heterocycles. The quantitative estimate of drug-likeness (QED) is 0.357. The third kappa shape index (κ3) is 3.86. The van der Waals surface area contributed by atoms with Gasteiger partial charge in [-0.2, -0.15) is 0 Å². The van der Waals surface area contributed by atoms with Gasteiger partial charge < -0.3 is 9.47 Å². The van der Waals surface area contributed by atoms with Crippen molar-refractivity contribution in [1.29, 1.82) is 0 Å². The Morgan fingerprint density at radius 1 is 1.11 bits per heavy atom. The Bertz CT molecular complexity index is 1410. The van der Waals surface area contributed by atoms with E-state index >= 15 is 0 Å². The highest BCUT2D eigenvalue weighted by molar-refractivity contribution is 6.30. The summed E-state index contributed by atoms with van der Waals surface area (Å²) in [5, 5.41) is 3.04. The molecular weight excluding hydrogens is 460 g/mol. The van der Waals surface area contributed by atoms with Crippen LogP contribution in [0.15, 0.2) is 47.5 Å². The van der Waals surface area contributed by atoms with Crippen molar-refractivity contribution in [1.82, 2.24) is 4.90 Å². The van der Waals surface area contributed by atoms with E-state index in [1.165, 1.54) is 11.1 Å². The second-order valence-corrected chi connectivity index (χ2v) is 11.3. The first-order chi connectivity index (χ1) is 16.7. The largest absolute Gasteiger partial charge is 0.488 e. The summed E-state index contributed by atoms with van der Waals surface area (Å²) >= 11 is 6.20. The van der Waals surface area contributed by atoms with Gasteiger partial charge in [-0.3, -0.25) is 9.89 Å². The summed E-state index contributed by atoms with van der Waals surface area (Å²) in [5.74, 6) is 0.888. The van der Waals surface area contributed by atoms with E-state index in [4.69, 9.17) is 26.1 Å². The van der Waals surface area contributed by atoms with E-state index in [2.05, 4.69) is 37.3 Å². The normalized spacial score (nSPS) is 20.7. The molecule has 0 saturated carbocycles. The summed E-state index contributed by atoms with van der Waals surface area (Å²) in [6.07, 6.45) is 2.33. The molecule has 1 saturated heterocycles. The minimum Gasteiger partial charge on any atom is -0.488 e. The number of amides is 1. The fourth-order valence-corrected chi connectivity index (χ4v) is 5.82. The van der Waals surface area contributed by atoms with Gasteiger partial charge in [-0.15, -0.1) is 0 Å². The smallest absolute Gasteiger partial charge is 0.411 e. The number of fused-ring (bicyclic) bond motifs is 6. The SMILES string of the molecule is C[C@H]1CC[C@@H](C2=Nc3ccc4cc5c(cc4c3C2)OCc2cc(Cl)ccc2-5)N1C(=O)OC(C)(C)C. The van der Waals surface area contributed by atoms with Crippen LogP contribution >= 0.6 is 11.6 Å². The molecule has 0 N–H and O–H groups in total. The summed E-state index contributed by atoms with van der Waals surface area (Å²) in [6, 6.07) is 14.7. The molecule has 180 valence electrons. The van der Waals surface area contributed by atoms with Crippen LogP contribution in [0.5, 0.6) is 5.75 Å². The molecule has 0 bridgehead atoms. The van der Waals surface area contributed by atoms with Gasteiger partial charge in [-0.1, -0.05) is 23.7 Å². The molecule has 0 unspecified atom stereocenters. The summed E-state index contributed by atoms with van der Waals surface area (Å²) in [6.45, 7) is 8.33. The Balaban J connectivity index is 1.34. The van der Waals surface area contributed by atoms with Crippen molar-refractivity contribution in [2.75, 3.05) is 0 Å². The summed E-state index contributed by atoms with van der Waals surface area (Å²) in [4.78, 5) is 19.9. The Morgan fingerprint density at radius 3 is 2.74 bits per heavy atom. The molecule has 3 aromatic rings. The van der Waals surface area contributed by atoms with Crippen LogP contribution in [-0.2, 0) is 17.8 Å². The van der Waals surface area contributed by atoms with Crippen LogP contribution in [0.3, 0.4) is 0 Å².